The van der Waals surface area contributed by atoms with Crippen LogP contribution in [0.1, 0.15) is 0 Å². The van der Waals surface area contributed by atoms with Gasteiger partial charge >= 0.3 is 5.63 Å². The molecule has 2 aromatic carbocycles. The van der Waals surface area contributed by atoms with Gasteiger partial charge in [0.2, 0.25) is 0 Å². The van der Waals surface area contributed by atoms with Gasteiger partial charge in [0.05, 0.1) is 23.9 Å². The molecule has 0 radical (unpaired) electrons. The minimum absolute atomic E-state index is 0.443. The Kier molecular flexibility index (Phi) is 3.89. The van der Waals surface area contributed by atoms with Gasteiger partial charge in [-0.25, -0.2) is 4.79 Å². The van der Waals surface area contributed by atoms with Crippen LogP contribution in [0.5, 0.6) is 5.75 Å². The van der Waals surface area contributed by atoms with Gasteiger partial charge in [0.1, 0.15) is 11.3 Å². The van der Waals surface area contributed by atoms with E-state index in [0.29, 0.717) is 27.4 Å². The Morgan fingerprint density at radius 3 is 2.59 bits per heavy atom. The number of ether oxygens (including phenoxy) is 1. The topological polar surface area (TPSA) is 63.5 Å². The summed E-state index contributed by atoms with van der Waals surface area (Å²) in [6.07, 6.45) is 0. The number of fused-ring (bicyclic) bond motifs is 1. The second-order valence-electron chi connectivity index (χ2n) is 4.57. The molecule has 3 rings (SSSR count). The highest BCUT2D eigenvalue weighted by atomic mass is 35.5. The van der Waals surface area contributed by atoms with Crippen molar-refractivity contribution in [1.29, 1.82) is 0 Å². The summed E-state index contributed by atoms with van der Waals surface area (Å²) in [4.78, 5) is 11.7. The van der Waals surface area contributed by atoms with Crippen molar-refractivity contribution in [2.75, 3.05) is 18.0 Å². The molecule has 0 spiro atoms. The van der Waals surface area contributed by atoms with Gasteiger partial charge in [-0.2, -0.15) is 0 Å². The largest absolute Gasteiger partial charge is 0.496 e. The molecule has 0 aliphatic rings. The standard InChI is InChI=1S/C16H13ClN2O3/c1-21-13-3-2-4-14-16(13)12(9-15(20)22-14)19-18-11-7-5-10(17)6-8-11/h2-9,18-19H,1H3. The van der Waals surface area contributed by atoms with Crippen LogP contribution in [0, 0.1) is 0 Å². The van der Waals surface area contributed by atoms with Gasteiger partial charge in [-0.3, -0.25) is 5.43 Å². The van der Waals surface area contributed by atoms with Gasteiger partial charge in [0, 0.05) is 11.1 Å². The van der Waals surface area contributed by atoms with Gasteiger partial charge in [-0.1, -0.05) is 17.7 Å². The van der Waals surface area contributed by atoms with Crippen molar-refractivity contribution in [2.45, 2.75) is 0 Å². The predicted molar refractivity (Wildman–Crippen MR) is 87.7 cm³/mol. The van der Waals surface area contributed by atoms with Crippen LogP contribution < -0.4 is 21.2 Å². The van der Waals surface area contributed by atoms with Gasteiger partial charge < -0.3 is 14.6 Å². The molecule has 2 N–H and O–H groups in total. The first-order chi connectivity index (χ1) is 10.7. The van der Waals surface area contributed by atoms with Crippen molar-refractivity contribution in [3.8, 4) is 5.75 Å². The normalized spacial score (nSPS) is 10.5. The first-order valence-electron chi connectivity index (χ1n) is 6.56. The molecule has 6 heteroatoms. The molecular weight excluding hydrogens is 304 g/mol. The summed E-state index contributed by atoms with van der Waals surface area (Å²) >= 11 is 5.85. The first-order valence-corrected chi connectivity index (χ1v) is 6.93. The zero-order valence-corrected chi connectivity index (χ0v) is 12.5. The van der Waals surface area contributed by atoms with Crippen LogP contribution in [0.15, 0.2) is 57.7 Å². The van der Waals surface area contributed by atoms with E-state index in [1.807, 2.05) is 12.1 Å². The minimum atomic E-state index is -0.443. The van der Waals surface area contributed by atoms with Crippen molar-refractivity contribution >= 4 is 33.9 Å². The van der Waals surface area contributed by atoms with Gasteiger partial charge in [-0.15, -0.1) is 0 Å². The molecule has 0 amide bonds. The smallest absolute Gasteiger partial charge is 0.338 e. The number of hydrazine groups is 1. The average Bonchev–Trinajstić information content (AvgIpc) is 2.53. The summed E-state index contributed by atoms with van der Waals surface area (Å²) in [5.41, 5.74) is 7.40. The van der Waals surface area contributed by atoms with Gasteiger partial charge in [0.25, 0.3) is 0 Å². The van der Waals surface area contributed by atoms with Crippen molar-refractivity contribution < 1.29 is 9.15 Å². The molecule has 0 saturated heterocycles. The van der Waals surface area contributed by atoms with Crippen molar-refractivity contribution in [2.24, 2.45) is 0 Å². The molecule has 1 aromatic heterocycles. The molecule has 22 heavy (non-hydrogen) atoms. The molecular formula is C16H13ClN2O3. The highest BCUT2D eigenvalue weighted by Gasteiger charge is 2.10. The summed E-state index contributed by atoms with van der Waals surface area (Å²) in [6, 6.07) is 13.8. The van der Waals surface area contributed by atoms with Crippen molar-refractivity contribution in [3.63, 3.8) is 0 Å². The zero-order chi connectivity index (χ0) is 15.5. The maximum Gasteiger partial charge on any atom is 0.338 e. The van der Waals surface area contributed by atoms with Crippen LogP contribution in [0.2, 0.25) is 5.02 Å². The molecule has 3 aromatic rings. The van der Waals surface area contributed by atoms with Crippen LogP contribution in [0.3, 0.4) is 0 Å². The second kappa shape index (κ2) is 5.99. The second-order valence-corrected chi connectivity index (χ2v) is 5.01. The number of hydrogen-bond acceptors (Lipinski definition) is 5. The SMILES string of the molecule is COc1cccc2oc(=O)cc(NNc3ccc(Cl)cc3)c12. The quantitative estimate of drug-likeness (QED) is 0.564. The molecule has 0 bridgehead atoms. The fourth-order valence-corrected chi connectivity index (χ4v) is 2.26. The maximum atomic E-state index is 11.7. The maximum absolute atomic E-state index is 11.7. The summed E-state index contributed by atoms with van der Waals surface area (Å²) in [5.74, 6) is 0.613. The zero-order valence-electron chi connectivity index (χ0n) is 11.7. The molecule has 0 aliphatic carbocycles. The molecule has 0 fully saturated rings. The Morgan fingerprint density at radius 1 is 1.09 bits per heavy atom. The van der Waals surface area contributed by atoms with E-state index in [1.54, 1.807) is 37.4 Å². The average molecular weight is 317 g/mol. The predicted octanol–water partition coefficient (Wildman–Crippen LogP) is 3.89. The number of anilines is 2. The molecule has 112 valence electrons. The van der Waals surface area contributed by atoms with E-state index in [9.17, 15) is 4.79 Å². The lowest BCUT2D eigenvalue weighted by molar-refractivity contribution is 0.419. The van der Waals surface area contributed by atoms with Crippen LogP contribution in [-0.2, 0) is 0 Å². The number of nitrogens with one attached hydrogen (secondary N) is 2. The van der Waals surface area contributed by atoms with E-state index in [1.165, 1.54) is 6.07 Å². The Bertz CT molecular complexity index is 859. The lowest BCUT2D eigenvalue weighted by Crippen LogP contribution is -2.11. The lowest BCUT2D eigenvalue weighted by atomic mass is 10.2. The Labute approximate surface area is 131 Å². The van der Waals surface area contributed by atoms with E-state index < -0.39 is 5.63 Å². The van der Waals surface area contributed by atoms with Gasteiger partial charge in [-0.05, 0) is 36.4 Å². The van der Waals surface area contributed by atoms with Crippen molar-refractivity contribution in [1.82, 2.24) is 0 Å². The molecule has 0 unspecified atom stereocenters. The van der Waals surface area contributed by atoms with E-state index in [4.69, 9.17) is 20.8 Å². The Hall–Kier alpha value is -2.66. The van der Waals surface area contributed by atoms with Crippen LogP contribution >= 0.6 is 11.6 Å². The Balaban J connectivity index is 1.98. The molecule has 0 aliphatic heterocycles. The van der Waals surface area contributed by atoms with Crippen LogP contribution in [-0.4, -0.2) is 7.11 Å². The highest BCUT2D eigenvalue weighted by Crippen LogP contribution is 2.31. The summed E-state index contributed by atoms with van der Waals surface area (Å²) in [7, 11) is 1.57. The van der Waals surface area contributed by atoms with Crippen LogP contribution in [0.25, 0.3) is 11.0 Å². The fourth-order valence-electron chi connectivity index (χ4n) is 2.13. The Morgan fingerprint density at radius 2 is 1.86 bits per heavy atom. The molecule has 0 atom stereocenters. The number of halogens is 1. The number of benzene rings is 2. The van der Waals surface area contributed by atoms with Crippen LogP contribution in [0.4, 0.5) is 11.4 Å². The van der Waals surface area contributed by atoms with E-state index in [2.05, 4.69) is 10.9 Å². The highest BCUT2D eigenvalue weighted by molar-refractivity contribution is 6.30. The minimum Gasteiger partial charge on any atom is -0.496 e. The number of hydrogen-bond donors (Lipinski definition) is 2. The first kappa shape index (κ1) is 14.3. The molecule has 5 nitrogen and oxygen atoms in total. The van der Waals surface area contributed by atoms with E-state index >= 15 is 0 Å². The number of rotatable bonds is 4. The van der Waals surface area contributed by atoms with E-state index in [-0.39, 0.29) is 0 Å². The molecule has 0 saturated carbocycles. The third-order valence-corrected chi connectivity index (χ3v) is 3.39. The number of methoxy groups -OCH3 is 1. The van der Waals surface area contributed by atoms with Crippen molar-refractivity contribution in [3.05, 3.63) is 64.0 Å². The third-order valence-electron chi connectivity index (χ3n) is 3.14. The summed E-state index contributed by atoms with van der Waals surface area (Å²) in [5, 5.41) is 1.34. The van der Waals surface area contributed by atoms with Gasteiger partial charge in [0.15, 0.2) is 0 Å². The van der Waals surface area contributed by atoms with E-state index in [0.717, 1.165) is 5.69 Å². The third kappa shape index (κ3) is 2.84. The lowest BCUT2D eigenvalue weighted by Gasteiger charge is -2.13. The monoisotopic (exact) mass is 316 g/mol. The summed E-state index contributed by atoms with van der Waals surface area (Å²) < 4.78 is 10.5. The fraction of sp³-hybridized carbons (Fsp3) is 0.0625. The summed E-state index contributed by atoms with van der Waals surface area (Å²) in [6.45, 7) is 0. The molecule has 1 heterocycles.